The highest BCUT2D eigenvalue weighted by Crippen LogP contribution is 2.53. The number of hydrogen-bond donors (Lipinski definition) is 2. The van der Waals surface area contributed by atoms with Crippen LogP contribution >= 0.6 is 19.8 Å². The van der Waals surface area contributed by atoms with Gasteiger partial charge in [-0.2, -0.15) is 4.99 Å². The first-order valence-corrected chi connectivity index (χ1v) is 7.11. The summed E-state index contributed by atoms with van der Waals surface area (Å²) in [6, 6.07) is 3.50. The Bertz CT molecular complexity index is 532. The van der Waals surface area contributed by atoms with Gasteiger partial charge in [0.05, 0.1) is 16.5 Å². The molecule has 0 aliphatic carbocycles. The predicted molar refractivity (Wildman–Crippen MR) is 71.1 cm³/mol. The van der Waals surface area contributed by atoms with Gasteiger partial charge in [-0.25, -0.2) is 0 Å². The molecule has 0 saturated carbocycles. The topological polar surface area (TPSA) is 69.9 Å². The molecular weight excluding hydrogens is 257 g/mol. The van der Waals surface area contributed by atoms with Gasteiger partial charge in [-0.1, -0.05) is 12.1 Å². The van der Waals surface area contributed by atoms with E-state index < -0.39 is 13.3 Å². The zero-order valence-corrected chi connectivity index (χ0v) is 11.5. The van der Waals surface area contributed by atoms with Gasteiger partial charge < -0.3 is 9.79 Å². The van der Waals surface area contributed by atoms with Gasteiger partial charge in [-0.3, -0.25) is 4.57 Å². The van der Waals surface area contributed by atoms with Crippen LogP contribution in [0.2, 0.25) is 0 Å². The molecule has 4 nitrogen and oxygen atoms in total. The Morgan fingerprint density at radius 2 is 2.00 bits per heavy atom. The summed E-state index contributed by atoms with van der Waals surface area (Å²) in [4.78, 5) is 22.4. The zero-order valence-electron chi connectivity index (χ0n) is 9.84. The second-order valence-corrected chi connectivity index (χ2v) is 6.05. The molecule has 1 aromatic carbocycles. The standard InChI is InChI=1S/C11H14NO3PS/c1-7-4-5-10(9(3)16(13,14)15)11(8(7)2)12-6-17/h4-5,9H,1-3H3,(H2,13,14,15). The van der Waals surface area contributed by atoms with Gasteiger partial charge in [-0.05, 0) is 49.7 Å². The lowest BCUT2D eigenvalue weighted by Crippen LogP contribution is -1.97. The van der Waals surface area contributed by atoms with Crippen LogP contribution in [0.4, 0.5) is 5.69 Å². The van der Waals surface area contributed by atoms with E-state index in [2.05, 4.69) is 22.4 Å². The molecule has 0 radical (unpaired) electrons. The Morgan fingerprint density at radius 3 is 2.47 bits per heavy atom. The summed E-state index contributed by atoms with van der Waals surface area (Å²) in [5.74, 6) is 0. The summed E-state index contributed by atoms with van der Waals surface area (Å²) < 4.78 is 11.3. The van der Waals surface area contributed by atoms with Crippen LogP contribution in [-0.4, -0.2) is 14.9 Å². The first-order chi connectivity index (χ1) is 7.79. The minimum absolute atomic E-state index is 0.499. The van der Waals surface area contributed by atoms with E-state index in [1.807, 2.05) is 19.9 Å². The third kappa shape index (κ3) is 3.09. The van der Waals surface area contributed by atoms with Crippen molar-refractivity contribution < 1.29 is 14.4 Å². The van der Waals surface area contributed by atoms with Crippen LogP contribution in [0.5, 0.6) is 0 Å². The summed E-state index contributed by atoms with van der Waals surface area (Å²) in [5.41, 5.74) is 1.97. The van der Waals surface area contributed by atoms with Crippen LogP contribution in [0.1, 0.15) is 29.3 Å². The first-order valence-electron chi connectivity index (χ1n) is 5.02. The lowest BCUT2D eigenvalue weighted by molar-refractivity contribution is 0.362. The number of thiocarbonyl (C=S) groups is 1. The summed E-state index contributed by atoms with van der Waals surface area (Å²) in [6.45, 7) is 5.23. The van der Waals surface area contributed by atoms with E-state index in [4.69, 9.17) is 0 Å². The average Bonchev–Trinajstić information content (AvgIpc) is 2.23. The number of nitrogens with zero attached hydrogens (tertiary/aromatic N) is 1. The van der Waals surface area contributed by atoms with Gasteiger partial charge in [0.15, 0.2) is 0 Å². The van der Waals surface area contributed by atoms with E-state index in [-0.39, 0.29) is 0 Å². The monoisotopic (exact) mass is 271 g/mol. The number of isothiocyanates is 1. The minimum Gasteiger partial charge on any atom is -0.324 e. The van der Waals surface area contributed by atoms with Crippen molar-refractivity contribution in [2.45, 2.75) is 26.4 Å². The van der Waals surface area contributed by atoms with E-state index in [9.17, 15) is 14.4 Å². The number of aryl methyl sites for hydroxylation is 1. The molecule has 1 unspecified atom stereocenters. The molecule has 6 heteroatoms. The summed E-state index contributed by atoms with van der Waals surface area (Å²) in [7, 11) is -4.19. The zero-order chi connectivity index (χ0) is 13.2. The maximum absolute atomic E-state index is 11.3. The van der Waals surface area contributed by atoms with Crippen LogP contribution in [0.3, 0.4) is 0 Å². The SMILES string of the molecule is Cc1ccc(C(C)P(=O)(O)O)c(N=C=S)c1C. The molecule has 2 N–H and O–H groups in total. The lowest BCUT2D eigenvalue weighted by Gasteiger charge is -2.17. The van der Waals surface area contributed by atoms with E-state index >= 15 is 0 Å². The molecule has 0 saturated heterocycles. The minimum atomic E-state index is -4.19. The maximum atomic E-state index is 11.3. The predicted octanol–water partition coefficient (Wildman–Crippen LogP) is 3.28. The Hall–Kier alpha value is -0.830. The molecule has 0 bridgehead atoms. The van der Waals surface area contributed by atoms with Crippen molar-refractivity contribution in [3.05, 3.63) is 28.8 Å². The van der Waals surface area contributed by atoms with E-state index in [1.54, 1.807) is 6.07 Å². The van der Waals surface area contributed by atoms with Gasteiger partial charge in [0.2, 0.25) is 0 Å². The second-order valence-electron chi connectivity index (χ2n) is 3.91. The van der Waals surface area contributed by atoms with Crippen molar-refractivity contribution in [3.63, 3.8) is 0 Å². The van der Waals surface area contributed by atoms with Crippen molar-refractivity contribution in [1.29, 1.82) is 0 Å². The molecule has 1 rings (SSSR count). The van der Waals surface area contributed by atoms with Gasteiger partial charge in [0.1, 0.15) is 0 Å². The van der Waals surface area contributed by atoms with Crippen LogP contribution in [0.15, 0.2) is 17.1 Å². The summed E-state index contributed by atoms with van der Waals surface area (Å²) in [6.07, 6.45) is 0. The molecule has 17 heavy (non-hydrogen) atoms. The van der Waals surface area contributed by atoms with Crippen LogP contribution in [0, 0.1) is 13.8 Å². The third-order valence-corrected chi connectivity index (χ3v) is 4.22. The van der Waals surface area contributed by atoms with Crippen LogP contribution in [-0.2, 0) is 4.57 Å². The molecule has 0 spiro atoms. The summed E-state index contributed by atoms with van der Waals surface area (Å²) in [5, 5.41) is 2.25. The first kappa shape index (κ1) is 14.2. The normalized spacial score (nSPS) is 13.0. The largest absolute Gasteiger partial charge is 0.332 e. The smallest absolute Gasteiger partial charge is 0.324 e. The van der Waals surface area contributed by atoms with Gasteiger partial charge >= 0.3 is 7.60 Å². The van der Waals surface area contributed by atoms with Gasteiger partial charge in [0, 0.05) is 0 Å². The second kappa shape index (κ2) is 5.21. The number of rotatable bonds is 3. The van der Waals surface area contributed by atoms with Crippen LogP contribution < -0.4 is 0 Å². The number of hydrogen-bond acceptors (Lipinski definition) is 3. The molecule has 92 valence electrons. The average molecular weight is 271 g/mol. The Labute approximate surface area is 106 Å². The molecular formula is C11H14NO3PS. The molecule has 0 amide bonds. The van der Waals surface area contributed by atoms with Crippen molar-refractivity contribution in [3.8, 4) is 0 Å². The summed E-state index contributed by atoms with van der Waals surface area (Å²) >= 11 is 4.57. The Kier molecular flexibility index (Phi) is 4.36. The van der Waals surface area contributed by atoms with Crippen molar-refractivity contribution in [1.82, 2.24) is 0 Å². The highest BCUT2D eigenvalue weighted by molar-refractivity contribution is 7.78. The molecule has 1 aromatic rings. The van der Waals surface area contributed by atoms with E-state index in [1.165, 1.54) is 6.92 Å². The Morgan fingerprint density at radius 1 is 1.41 bits per heavy atom. The molecule has 0 fully saturated rings. The molecule has 0 heterocycles. The van der Waals surface area contributed by atoms with Gasteiger partial charge in [-0.15, -0.1) is 0 Å². The molecule has 1 atom stereocenters. The molecule has 0 aromatic heterocycles. The Balaban J connectivity index is 3.49. The third-order valence-electron chi connectivity index (χ3n) is 2.85. The van der Waals surface area contributed by atoms with E-state index in [0.717, 1.165) is 11.1 Å². The highest BCUT2D eigenvalue weighted by atomic mass is 32.1. The van der Waals surface area contributed by atoms with Crippen molar-refractivity contribution in [2.24, 2.45) is 4.99 Å². The maximum Gasteiger partial charge on any atom is 0.332 e. The quantitative estimate of drug-likeness (QED) is 0.503. The number of aliphatic imine (C=N–C) groups is 1. The molecule has 0 aliphatic rings. The fourth-order valence-corrected chi connectivity index (χ4v) is 2.20. The lowest BCUT2D eigenvalue weighted by atomic mass is 10.0. The highest BCUT2D eigenvalue weighted by Gasteiger charge is 2.28. The van der Waals surface area contributed by atoms with E-state index in [0.29, 0.717) is 11.3 Å². The fraction of sp³-hybridized carbons (Fsp3) is 0.364. The fourth-order valence-electron chi connectivity index (χ4n) is 1.53. The van der Waals surface area contributed by atoms with Crippen molar-refractivity contribution in [2.75, 3.05) is 0 Å². The number of benzene rings is 1. The van der Waals surface area contributed by atoms with Gasteiger partial charge in [0.25, 0.3) is 0 Å². The van der Waals surface area contributed by atoms with Crippen molar-refractivity contribution >= 4 is 30.7 Å². The molecule has 0 aliphatic heterocycles. The van der Waals surface area contributed by atoms with Crippen LogP contribution in [0.25, 0.3) is 0 Å².